The van der Waals surface area contributed by atoms with E-state index < -0.39 is 0 Å². The van der Waals surface area contributed by atoms with Crippen molar-refractivity contribution in [1.82, 2.24) is 4.90 Å². The Bertz CT molecular complexity index is 435. The molecule has 0 aromatic heterocycles. The minimum Gasteiger partial charge on any atom is -0.329 e. The van der Waals surface area contributed by atoms with Gasteiger partial charge in [0, 0.05) is 23.7 Å². The Morgan fingerprint density at radius 3 is 2.80 bits per heavy atom. The molecule has 0 saturated heterocycles. The van der Waals surface area contributed by atoms with Gasteiger partial charge in [-0.25, -0.2) is 0 Å². The molecular weight excluding hydrogens is 268 g/mol. The van der Waals surface area contributed by atoms with Crippen LogP contribution in [0.5, 0.6) is 0 Å². The number of hydrogen-bond acceptors (Lipinski definition) is 2. The molecule has 1 aromatic rings. The Labute approximate surface area is 128 Å². The van der Waals surface area contributed by atoms with Gasteiger partial charge in [0.15, 0.2) is 0 Å². The van der Waals surface area contributed by atoms with Crippen LogP contribution in [0.1, 0.15) is 44.6 Å². The molecule has 1 aliphatic rings. The molecule has 0 spiro atoms. The molecule has 0 amide bonds. The van der Waals surface area contributed by atoms with Crippen molar-refractivity contribution in [1.29, 1.82) is 0 Å². The zero-order valence-corrected chi connectivity index (χ0v) is 13.5. The number of benzene rings is 1. The zero-order chi connectivity index (χ0) is 14.6. The van der Waals surface area contributed by atoms with Gasteiger partial charge in [0.2, 0.25) is 0 Å². The molecule has 0 bridgehead atoms. The van der Waals surface area contributed by atoms with Crippen molar-refractivity contribution in [3.05, 3.63) is 34.9 Å². The second-order valence-corrected chi connectivity index (χ2v) is 6.65. The smallest absolute Gasteiger partial charge is 0.0451 e. The average molecular weight is 295 g/mol. The Balaban J connectivity index is 2.12. The highest BCUT2D eigenvalue weighted by atomic mass is 35.5. The van der Waals surface area contributed by atoms with E-state index in [0.29, 0.717) is 0 Å². The first-order valence-corrected chi connectivity index (χ1v) is 8.14. The van der Waals surface area contributed by atoms with Crippen molar-refractivity contribution in [2.75, 3.05) is 13.6 Å². The first-order chi connectivity index (χ1) is 9.61. The van der Waals surface area contributed by atoms with E-state index in [9.17, 15) is 0 Å². The molecule has 2 atom stereocenters. The fraction of sp³-hybridized carbons (Fsp3) is 0.647. The maximum absolute atomic E-state index is 6.29. The SMILES string of the molecule is CCC1CCCC(CN)(N(C)Cc2ccccc2Cl)C1. The van der Waals surface area contributed by atoms with Crippen molar-refractivity contribution in [3.63, 3.8) is 0 Å². The van der Waals surface area contributed by atoms with Crippen LogP contribution < -0.4 is 5.73 Å². The standard InChI is InChI=1S/C17H27ClN2/c1-3-14-7-6-10-17(11-14,13-19)20(2)12-15-8-4-5-9-16(15)18/h4-5,8-9,14H,3,6-7,10-13,19H2,1-2H3. The Kier molecular flexibility index (Phi) is 5.48. The van der Waals surface area contributed by atoms with E-state index in [2.05, 4.69) is 31.0 Å². The molecule has 3 heteroatoms. The molecule has 2 rings (SSSR count). The van der Waals surface area contributed by atoms with Gasteiger partial charge in [0.25, 0.3) is 0 Å². The summed E-state index contributed by atoms with van der Waals surface area (Å²) in [5.41, 5.74) is 7.52. The predicted octanol–water partition coefficient (Wildman–Crippen LogP) is 4.07. The number of nitrogens with zero attached hydrogens (tertiary/aromatic N) is 1. The molecule has 112 valence electrons. The maximum Gasteiger partial charge on any atom is 0.0451 e. The molecule has 20 heavy (non-hydrogen) atoms. The first kappa shape index (κ1) is 15.8. The van der Waals surface area contributed by atoms with Crippen LogP contribution in [0, 0.1) is 5.92 Å². The molecule has 0 radical (unpaired) electrons. The zero-order valence-electron chi connectivity index (χ0n) is 12.7. The second kappa shape index (κ2) is 6.93. The fourth-order valence-corrected chi connectivity index (χ4v) is 3.74. The highest BCUT2D eigenvalue weighted by molar-refractivity contribution is 6.31. The lowest BCUT2D eigenvalue weighted by molar-refractivity contribution is 0.0504. The molecule has 2 unspecified atom stereocenters. The van der Waals surface area contributed by atoms with Crippen molar-refractivity contribution >= 4 is 11.6 Å². The summed E-state index contributed by atoms with van der Waals surface area (Å²) < 4.78 is 0. The molecule has 0 heterocycles. The summed E-state index contributed by atoms with van der Waals surface area (Å²) in [6.45, 7) is 3.92. The third-order valence-corrected chi connectivity index (χ3v) is 5.42. The van der Waals surface area contributed by atoms with Crippen molar-refractivity contribution in [2.45, 2.75) is 51.1 Å². The lowest BCUT2D eigenvalue weighted by Gasteiger charge is -2.47. The van der Waals surface area contributed by atoms with Crippen LogP contribution in [0.2, 0.25) is 5.02 Å². The summed E-state index contributed by atoms with van der Waals surface area (Å²) in [4.78, 5) is 2.44. The van der Waals surface area contributed by atoms with E-state index in [1.807, 2.05) is 12.1 Å². The van der Waals surface area contributed by atoms with Crippen LogP contribution in [0.25, 0.3) is 0 Å². The van der Waals surface area contributed by atoms with Gasteiger partial charge in [-0.15, -0.1) is 0 Å². The van der Waals surface area contributed by atoms with Crippen LogP contribution in [-0.2, 0) is 6.54 Å². The van der Waals surface area contributed by atoms with E-state index in [1.165, 1.54) is 37.7 Å². The minimum absolute atomic E-state index is 0.151. The normalized spacial score (nSPS) is 26.9. The van der Waals surface area contributed by atoms with Gasteiger partial charge in [0.1, 0.15) is 0 Å². The summed E-state index contributed by atoms with van der Waals surface area (Å²) in [5.74, 6) is 0.820. The molecule has 1 fully saturated rings. The maximum atomic E-state index is 6.29. The average Bonchev–Trinajstić information content (AvgIpc) is 2.49. The number of rotatable bonds is 5. The van der Waals surface area contributed by atoms with Gasteiger partial charge >= 0.3 is 0 Å². The summed E-state index contributed by atoms with van der Waals surface area (Å²) >= 11 is 6.29. The van der Waals surface area contributed by atoms with Crippen molar-refractivity contribution in [3.8, 4) is 0 Å². The lowest BCUT2D eigenvalue weighted by atomic mass is 9.73. The summed E-state index contributed by atoms with van der Waals surface area (Å²) in [6, 6.07) is 8.12. The monoisotopic (exact) mass is 294 g/mol. The Morgan fingerprint density at radius 2 is 2.15 bits per heavy atom. The van der Waals surface area contributed by atoms with E-state index >= 15 is 0 Å². The highest BCUT2D eigenvalue weighted by Gasteiger charge is 2.38. The lowest BCUT2D eigenvalue weighted by Crippen LogP contribution is -2.54. The first-order valence-electron chi connectivity index (χ1n) is 7.76. The van der Waals surface area contributed by atoms with Crippen molar-refractivity contribution < 1.29 is 0 Å². The van der Waals surface area contributed by atoms with Gasteiger partial charge in [-0.1, -0.05) is 56.0 Å². The van der Waals surface area contributed by atoms with Gasteiger partial charge in [0.05, 0.1) is 0 Å². The fourth-order valence-electron chi connectivity index (χ4n) is 3.55. The predicted molar refractivity (Wildman–Crippen MR) is 87.0 cm³/mol. The van der Waals surface area contributed by atoms with Gasteiger partial charge in [-0.2, -0.15) is 0 Å². The third kappa shape index (κ3) is 3.36. The minimum atomic E-state index is 0.151. The van der Waals surface area contributed by atoms with Crippen molar-refractivity contribution in [2.24, 2.45) is 11.7 Å². The molecule has 1 aliphatic carbocycles. The molecule has 1 aromatic carbocycles. The van der Waals surface area contributed by atoms with Crippen LogP contribution >= 0.6 is 11.6 Å². The van der Waals surface area contributed by atoms with E-state index in [-0.39, 0.29) is 5.54 Å². The van der Waals surface area contributed by atoms with Gasteiger partial charge in [-0.3, -0.25) is 4.90 Å². The summed E-state index contributed by atoms with van der Waals surface area (Å²) in [5, 5.41) is 0.856. The van der Waals surface area contributed by atoms with Crippen LogP contribution in [-0.4, -0.2) is 24.0 Å². The van der Waals surface area contributed by atoms with E-state index in [4.69, 9.17) is 17.3 Å². The number of hydrogen-bond donors (Lipinski definition) is 1. The largest absolute Gasteiger partial charge is 0.329 e. The molecule has 1 saturated carbocycles. The quantitative estimate of drug-likeness (QED) is 0.887. The summed E-state index contributed by atoms with van der Waals surface area (Å²) in [7, 11) is 2.20. The highest BCUT2D eigenvalue weighted by Crippen LogP contribution is 2.38. The molecule has 2 N–H and O–H groups in total. The molecular formula is C17H27ClN2. The third-order valence-electron chi connectivity index (χ3n) is 5.06. The van der Waals surface area contributed by atoms with Crippen LogP contribution in [0.15, 0.2) is 24.3 Å². The van der Waals surface area contributed by atoms with Gasteiger partial charge in [-0.05, 0) is 37.4 Å². The van der Waals surface area contributed by atoms with E-state index in [1.54, 1.807) is 0 Å². The number of nitrogens with two attached hydrogens (primary N) is 1. The number of halogens is 1. The van der Waals surface area contributed by atoms with Crippen LogP contribution in [0.4, 0.5) is 0 Å². The second-order valence-electron chi connectivity index (χ2n) is 6.25. The topological polar surface area (TPSA) is 29.3 Å². The molecule has 0 aliphatic heterocycles. The van der Waals surface area contributed by atoms with Gasteiger partial charge < -0.3 is 5.73 Å². The van der Waals surface area contributed by atoms with E-state index in [0.717, 1.165) is 24.0 Å². The Morgan fingerprint density at radius 1 is 1.40 bits per heavy atom. The van der Waals surface area contributed by atoms with Crippen LogP contribution in [0.3, 0.4) is 0 Å². The number of likely N-dealkylation sites (N-methyl/N-ethyl adjacent to an activating group) is 1. The molecule has 2 nitrogen and oxygen atoms in total. The Hall–Kier alpha value is -0.570. The summed E-state index contributed by atoms with van der Waals surface area (Å²) in [6.07, 6.45) is 6.35.